The number of nitrogens with zero attached hydrogens (tertiary/aromatic N) is 2. The molecule has 2 aromatic heterocycles. The third kappa shape index (κ3) is 4.49. The zero-order valence-corrected chi connectivity index (χ0v) is 16.5. The fourth-order valence-electron chi connectivity index (χ4n) is 2.54. The second kappa shape index (κ2) is 8.65. The molecular weight excluding hydrogens is 396 g/mol. The maximum absolute atomic E-state index is 12.5. The van der Waals surface area contributed by atoms with E-state index in [0.29, 0.717) is 15.6 Å². The van der Waals surface area contributed by atoms with Gasteiger partial charge < -0.3 is 4.74 Å². The summed E-state index contributed by atoms with van der Waals surface area (Å²) in [6.45, 7) is 2.91. The van der Waals surface area contributed by atoms with Crippen LogP contribution in [-0.4, -0.2) is 34.2 Å². The molecule has 29 heavy (non-hydrogen) atoms. The number of esters is 1. The average Bonchev–Trinajstić information content (AvgIpc) is 3.25. The van der Waals surface area contributed by atoms with Gasteiger partial charge in [-0.1, -0.05) is 24.3 Å². The highest BCUT2D eigenvalue weighted by Gasteiger charge is 2.20. The molecule has 0 unspecified atom stereocenters. The van der Waals surface area contributed by atoms with Crippen LogP contribution >= 0.6 is 11.3 Å². The first-order valence-electron chi connectivity index (χ1n) is 8.70. The summed E-state index contributed by atoms with van der Waals surface area (Å²) in [4.78, 5) is 49.1. The Balaban J connectivity index is 1.70. The fraction of sp³-hybridized carbons (Fsp3) is 0.211. The summed E-state index contributed by atoms with van der Waals surface area (Å²) in [6.07, 6.45) is 0. The Morgan fingerprint density at radius 1 is 1.10 bits per heavy atom. The summed E-state index contributed by atoms with van der Waals surface area (Å²) < 4.78 is 6.21. The van der Waals surface area contributed by atoms with Gasteiger partial charge in [-0.05, 0) is 31.4 Å². The van der Waals surface area contributed by atoms with Crippen molar-refractivity contribution in [1.29, 1.82) is 0 Å². The first-order valence-corrected chi connectivity index (χ1v) is 9.58. The quantitative estimate of drug-likeness (QED) is 0.484. The van der Waals surface area contributed by atoms with E-state index in [2.05, 4.69) is 16.0 Å². The minimum absolute atomic E-state index is 0.0654. The molecule has 3 rings (SSSR count). The number of hydrazine groups is 1. The van der Waals surface area contributed by atoms with Crippen LogP contribution in [0.1, 0.15) is 40.0 Å². The Hall–Kier alpha value is -3.53. The zero-order valence-electron chi connectivity index (χ0n) is 15.7. The van der Waals surface area contributed by atoms with Gasteiger partial charge in [0.25, 0.3) is 17.4 Å². The molecule has 0 aliphatic carbocycles. The standard InChI is InChI=1S/C19H18N4O5S/c1-11(2)23-18(26)13-7-4-3-6-12(13)16(22-23)19(27)28-10-15(24)20-21-17(25)14-8-5-9-29-14/h3-9,11H,10H2,1-2H3,(H,20,24)(H,21,25). The molecule has 0 bridgehead atoms. The minimum atomic E-state index is -0.852. The molecule has 0 atom stereocenters. The Kier molecular flexibility index (Phi) is 6.03. The highest BCUT2D eigenvalue weighted by Crippen LogP contribution is 2.15. The Bertz CT molecular complexity index is 1120. The number of hydrogen-bond donors (Lipinski definition) is 2. The van der Waals surface area contributed by atoms with E-state index in [4.69, 9.17) is 4.74 Å². The molecular formula is C19H18N4O5S. The van der Waals surface area contributed by atoms with Gasteiger partial charge in [-0.3, -0.25) is 25.2 Å². The van der Waals surface area contributed by atoms with Crippen molar-refractivity contribution in [3.05, 3.63) is 62.7 Å². The van der Waals surface area contributed by atoms with E-state index < -0.39 is 24.4 Å². The summed E-state index contributed by atoms with van der Waals surface area (Å²) in [6, 6.07) is 9.59. The predicted octanol–water partition coefficient (Wildman–Crippen LogP) is 1.66. The van der Waals surface area contributed by atoms with Gasteiger partial charge in [0.15, 0.2) is 12.3 Å². The third-order valence-corrected chi connectivity index (χ3v) is 4.77. The van der Waals surface area contributed by atoms with E-state index in [1.54, 1.807) is 55.6 Å². The van der Waals surface area contributed by atoms with Crippen molar-refractivity contribution in [3.8, 4) is 0 Å². The molecule has 0 fully saturated rings. The van der Waals surface area contributed by atoms with Gasteiger partial charge in [0.1, 0.15) is 0 Å². The lowest BCUT2D eigenvalue weighted by molar-refractivity contribution is -0.125. The molecule has 150 valence electrons. The van der Waals surface area contributed by atoms with E-state index in [-0.39, 0.29) is 17.3 Å². The summed E-state index contributed by atoms with van der Waals surface area (Å²) >= 11 is 1.22. The first kappa shape index (κ1) is 20.2. The number of carbonyl (C=O) groups excluding carboxylic acids is 3. The van der Waals surface area contributed by atoms with Crippen LogP contribution in [0.25, 0.3) is 10.8 Å². The van der Waals surface area contributed by atoms with Crippen LogP contribution in [0.4, 0.5) is 0 Å². The number of rotatable bonds is 5. The summed E-state index contributed by atoms with van der Waals surface area (Å²) in [5.41, 5.74) is 4.01. The first-order chi connectivity index (χ1) is 13.9. The van der Waals surface area contributed by atoms with Crippen LogP contribution in [-0.2, 0) is 9.53 Å². The molecule has 0 saturated carbocycles. The topological polar surface area (TPSA) is 119 Å². The molecule has 9 nitrogen and oxygen atoms in total. The number of aromatic nitrogens is 2. The van der Waals surface area contributed by atoms with Crippen molar-refractivity contribution in [2.45, 2.75) is 19.9 Å². The number of fused-ring (bicyclic) bond motifs is 1. The van der Waals surface area contributed by atoms with E-state index >= 15 is 0 Å². The number of benzene rings is 1. The molecule has 2 N–H and O–H groups in total. The number of hydrogen-bond acceptors (Lipinski definition) is 7. The molecule has 1 aromatic carbocycles. The van der Waals surface area contributed by atoms with Crippen LogP contribution in [0, 0.1) is 0 Å². The van der Waals surface area contributed by atoms with Crippen LogP contribution < -0.4 is 16.4 Å². The monoisotopic (exact) mass is 414 g/mol. The van der Waals surface area contributed by atoms with Crippen LogP contribution in [0.2, 0.25) is 0 Å². The van der Waals surface area contributed by atoms with Gasteiger partial charge in [-0.2, -0.15) is 5.10 Å². The van der Waals surface area contributed by atoms with E-state index in [1.165, 1.54) is 16.0 Å². The normalized spacial score (nSPS) is 10.7. The van der Waals surface area contributed by atoms with Crippen LogP contribution in [0.5, 0.6) is 0 Å². The van der Waals surface area contributed by atoms with Crippen molar-refractivity contribution < 1.29 is 19.1 Å². The molecule has 10 heteroatoms. The maximum Gasteiger partial charge on any atom is 0.359 e. The molecule has 3 aromatic rings. The van der Waals surface area contributed by atoms with Gasteiger partial charge in [0.2, 0.25) is 0 Å². The Morgan fingerprint density at radius 3 is 2.48 bits per heavy atom. The molecule has 0 radical (unpaired) electrons. The van der Waals surface area contributed by atoms with Gasteiger partial charge in [0, 0.05) is 5.39 Å². The van der Waals surface area contributed by atoms with Gasteiger partial charge in [-0.25, -0.2) is 9.48 Å². The van der Waals surface area contributed by atoms with E-state index in [9.17, 15) is 19.2 Å². The third-order valence-electron chi connectivity index (χ3n) is 3.91. The lowest BCUT2D eigenvalue weighted by Gasteiger charge is -2.13. The van der Waals surface area contributed by atoms with Crippen LogP contribution in [0.3, 0.4) is 0 Å². The highest BCUT2D eigenvalue weighted by atomic mass is 32.1. The number of thiophene rings is 1. The number of carbonyl (C=O) groups is 3. The summed E-state index contributed by atoms with van der Waals surface area (Å²) in [5.74, 6) is -2.04. The zero-order chi connectivity index (χ0) is 21.0. The van der Waals surface area contributed by atoms with Crippen molar-refractivity contribution in [3.63, 3.8) is 0 Å². The lowest BCUT2D eigenvalue weighted by atomic mass is 10.1. The van der Waals surface area contributed by atoms with Gasteiger partial charge >= 0.3 is 5.97 Å². The Morgan fingerprint density at radius 2 is 1.83 bits per heavy atom. The van der Waals surface area contributed by atoms with Crippen molar-refractivity contribution >= 4 is 39.9 Å². The van der Waals surface area contributed by atoms with Crippen molar-refractivity contribution in [2.75, 3.05) is 6.61 Å². The van der Waals surface area contributed by atoms with E-state index in [0.717, 1.165) is 0 Å². The SMILES string of the molecule is CC(C)n1nc(C(=O)OCC(=O)NNC(=O)c2cccs2)c2ccccc2c1=O. The number of ether oxygens (including phenoxy) is 1. The summed E-state index contributed by atoms with van der Waals surface area (Å²) in [5, 5.41) is 6.51. The molecule has 0 aliphatic rings. The largest absolute Gasteiger partial charge is 0.451 e. The van der Waals surface area contributed by atoms with Crippen LogP contribution in [0.15, 0.2) is 46.6 Å². The Labute approximate surface area is 169 Å². The maximum atomic E-state index is 12.5. The number of nitrogens with one attached hydrogen (secondary N) is 2. The molecule has 0 aliphatic heterocycles. The van der Waals surface area contributed by atoms with E-state index in [1.807, 2.05) is 0 Å². The van der Waals surface area contributed by atoms with Crippen molar-refractivity contribution in [1.82, 2.24) is 20.6 Å². The molecule has 2 heterocycles. The average molecular weight is 414 g/mol. The fourth-order valence-corrected chi connectivity index (χ4v) is 3.16. The second-order valence-electron chi connectivity index (χ2n) is 6.29. The molecule has 0 saturated heterocycles. The smallest absolute Gasteiger partial charge is 0.359 e. The summed E-state index contributed by atoms with van der Waals surface area (Å²) in [7, 11) is 0. The van der Waals surface area contributed by atoms with Gasteiger partial charge in [0.05, 0.1) is 16.3 Å². The highest BCUT2D eigenvalue weighted by molar-refractivity contribution is 7.12. The van der Waals surface area contributed by atoms with Gasteiger partial charge in [-0.15, -0.1) is 11.3 Å². The van der Waals surface area contributed by atoms with Crippen molar-refractivity contribution in [2.24, 2.45) is 0 Å². The lowest BCUT2D eigenvalue weighted by Crippen LogP contribution is -2.43. The molecule has 2 amide bonds. The molecule has 0 spiro atoms. The number of amides is 2. The predicted molar refractivity (Wildman–Crippen MR) is 107 cm³/mol. The minimum Gasteiger partial charge on any atom is -0.451 e. The second-order valence-corrected chi connectivity index (χ2v) is 7.24.